The van der Waals surface area contributed by atoms with E-state index in [-0.39, 0.29) is 5.91 Å². The molecule has 196 valence electrons. The van der Waals surface area contributed by atoms with Crippen molar-refractivity contribution in [3.8, 4) is 0 Å². The Kier molecular flexibility index (Phi) is 10.5. The summed E-state index contributed by atoms with van der Waals surface area (Å²) in [5.41, 5.74) is 3.61. The summed E-state index contributed by atoms with van der Waals surface area (Å²) in [4.78, 5) is 25.4. The SMILES string of the molecule is Cc1ccc(Nc2ccc(CNC(=O)[C@H](CSCC3CCCCC3)NC(=O)OC(C)(C)C)cc2)cc1. The van der Waals surface area contributed by atoms with Gasteiger partial charge >= 0.3 is 6.09 Å². The van der Waals surface area contributed by atoms with Crippen molar-refractivity contribution >= 4 is 35.1 Å². The van der Waals surface area contributed by atoms with Crippen LogP contribution in [-0.4, -0.2) is 35.1 Å². The van der Waals surface area contributed by atoms with Crippen LogP contribution in [-0.2, 0) is 16.1 Å². The molecule has 3 N–H and O–H groups in total. The number of rotatable bonds is 10. The summed E-state index contributed by atoms with van der Waals surface area (Å²) in [6.07, 6.45) is 5.88. The first-order chi connectivity index (χ1) is 17.2. The summed E-state index contributed by atoms with van der Waals surface area (Å²) in [6.45, 7) is 7.91. The Morgan fingerprint density at radius 3 is 2.19 bits per heavy atom. The molecule has 0 aliphatic heterocycles. The molecular formula is C29H41N3O3S. The van der Waals surface area contributed by atoms with E-state index >= 15 is 0 Å². The Labute approximate surface area is 220 Å². The zero-order chi connectivity index (χ0) is 26.0. The normalized spacial score (nSPS) is 15.1. The number of carbonyl (C=O) groups is 2. The van der Waals surface area contributed by atoms with Crippen molar-refractivity contribution in [2.45, 2.75) is 78.0 Å². The molecule has 0 unspecified atom stereocenters. The zero-order valence-electron chi connectivity index (χ0n) is 22.1. The smallest absolute Gasteiger partial charge is 0.408 e. The molecule has 0 bridgehead atoms. The number of benzene rings is 2. The molecule has 0 heterocycles. The summed E-state index contributed by atoms with van der Waals surface area (Å²) in [5, 5.41) is 9.15. The van der Waals surface area contributed by atoms with Crippen LogP contribution in [0.25, 0.3) is 0 Å². The van der Waals surface area contributed by atoms with Crippen LogP contribution in [0, 0.1) is 12.8 Å². The molecule has 1 saturated carbocycles. The van der Waals surface area contributed by atoms with E-state index in [1.54, 1.807) is 11.8 Å². The molecule has 0 spiro atoms. The van der Waals surface area contributed by atoms with Crippen molar-refractivity contribution in [2.75, 3.05) is 16.8 Å². The molecular weight excluding hydrogens is 470 g/mol. The predicted molar refractivity (Wildman–Crippen MR) is 150 cm³/mol. The minimum absolute atomic E-state index is 0.195. The lowest BCUT2D eigenvalue weighted by Gasteiger charge is -2.24. The number of anilines is 2. The first kappa shape index (κ1) is 27.9. The number of aryl methyl sites for hydroxylation is 1. The van der Waals surface area contributed by atoms with E-state index in [1.807, 2.05) is 57.2 Å². The van der Waals surface area contributed by atoms with Crippen LogP contribution < -0.4 is 16.0 Å². The molecule has 3 rings (SSSR count). The highest BCUT2D eigenvalue weighted by Gasteiger charge is 2.25. The van der Waals surface area contributed by atoms with Crippen LogP contribution in [0.5, 0.6) is 0 Å². The minimum Gasteiger partial charge on any atom is -0.444 e. The Morgan fingerprint density at radius 1 is 0.972 bits per heavy atom. The van der Waals surface area contributed by atoms with Gasteiger partial charge in [0.2, 0.25) is 5.91 Å². The van der Waals surface area contributed by atoms with E-state index in [2.05, 4.69) is 35.0 Å². The number of ether oxygens (including phenoxy) is 1. The molecule has 1 atom stereocenters. The van der Waals surface area contributed by atoms with Crippen molar-refractivity contribution < 1.29 is 14.3 Å². The number of alkyl carbamates (subject to hydrolysis) is 1. The van der Waals surface area contributed by atoms with Crippen LogP contribution in [0.2, 0.25) is 0 Å². The van der Waals surface area contributed by atoms with Crippen molar-refractivity contribution in [1.29, 1.82) is 0 Å². The molecule has 2 aromatic rings. The van der Waals surface area contributed by atoms with Gasteiger partial charge in [0.05, 0.1) is 0 Å². The molecule has 0 radical (unpaired) electrons. The van der Waals surface area contributed by atoms with Gasteiger partial charge in [-0.1, -0.05) is 49.1 Å². The standard InChI is InChI=1S/C29H41N3O3S/c1-21-10-14-24(15-11-21)31-25-16-12-22(13-17-25)18-30-27(33)26(32-28(34)35-29(2,3)4)20-36-19-23-8-6-5-7-9-23/h10-17,23,26,31H,5-9,18-20H2,1-4H3,(H,30,33)(H,32,34)/t26-/m0/s1. The second kappa shape index (κ2) is 13.6. The van der Waals surface area contributed by atoms with Gasteiger partial charge in [-0.15, -0.1) is 0 Å². The molecule has 1 fully saturated rings. The number of hydrogen-bond donors (Lipinski definition) is 3. The number of amides is 2. The monoisotopic (exact) mass is 511 g/mol. The van der Waals surface area contributed by atoms with Gasteiger partial charge < -0.3 is 20.7 Å². The third-order valence-electron chi connectivity index (χ3n) is 6.13. The molecule has 7 heteroatoms. The van der Waals surface area contributed by atoms with E-state index in [0.29, 0.717) is 18.2 Å². The summed E-state index contributed by atoms with van der Waals surface area (Å²) in [6, 6.07) is 15.6. The van der Waals surface area contributed by atoms with Crippen molar-refractivity contribution in [3.05, 3.63) is 59.7 Å². The molecule has 36 heavy (non-hydrogen) atoms. The number of nitrogens with one attached hydrogen (secondary N) is 3. The third-order valence-corrected chi connectivity index (χ3v) is 7.41. The van der Waals surface area contributed by atoms with E-state index in [1.165, 1.54) is 37.7 Å². The van der Waals surface area contributed by atoms with Crippen molar-refractivity contribution in [3.63, 3.8) is 0 Å². The third kappa shape index (κ3) is 10.1. The van der Waals surface area contributed by atoms with Crippen LogP contribution in [0.15, 0.2) is 48.5 Å². The number of thioether (sulfide) groups is 1. The van der Waals surface area contributed by atoms with Gasteiger partial charge in [-0.05, 0) is 82.0 Å². The first-order valence-corrected chi connectivity index (χ1v) is 14.1. The fourth-order valence-corrected chi connectivity index (χ4v) is 5.43. The second-order valence-corrected chi connectivity index (χ2v) is 11.7. The van der Waals surface area contributed by atoms with Crippen LogP contribution in [0.3, 0.4) is 0 Å². The van der Waals surface area contributed by atoms with Crippen LogP contribution >= 0.6 is 11.8 Å². The average Bonchev–Trinajstić information content (AvgIpc) is 2.84. The Bertz CT molecular complexity index is 965. The van der Waals surface area contributed by atoms with Crippen molar-refractivity contribution in [1.82, 2.24) is 10.6 Å². The van der Waals surface area contributed by atoms with Crippen LogP contribution in [0.1, 0.15) is 64.0 Å². The minimum atomic E-state index is -0.643. The Balaban J connectivity index is 1.52. The molecule has 1 aliphatic rings. The first-order valence-electron chi connectivity index (χ1n) is 13.0. The zero-order valence-corrected chi connectivity index (χ0v) is 22.9. The van der Waals surface area contributed by atoms with Crippen molar-refractivity contribution in [2.24, 2.45) is 5.92 Å². The maximum Gasteiger partial charge on any atom is 0.408 e. The van der Waals surface area contributed by atoms with Gasteiger partial charge in [-0.2, -0.15) is 11.8 Å². The number of carbonyl (C=O) groups excluding carboxylic acids is 2. The van der Waals surface area contributed by atoms with E-state index in [4.69, 9.17) is 4.74 Å². The molecule has 0 aromatic heterocycles. The molecule has 6 nitrogen and oxygen atoms in total. The summed E-state index contributed by atoms with van der Waals surface area (Å²) in [7, 11) is 0. The largest absolute Gasteiger partial charge is 0.444 e. The highest BCUT2D eigenvalue weighted by Crippen LogP contribution is 2.27. The summed E-state index contributed by atoms with van der Waals surface area (Å²) >= 11 is 1.74. The highest BCUT2D eigenvalue weighted by atomic mass is 32.2. The lowest BCUT2D eigenvalue weighted by molar-refractivity contribution is -0.122. The quantitative estimate of drug-likeness (QED) is 0.337. The van der Waals surface area contributed by atoms with E-state index < -0.39 is 17.7 Å². The Morgan fingerprint density at radius 2 is 1.58 bits per heavy atom. The lowest BCUT2D eigenvalue weighted by atomic mass is 9.91. The highest BCUT2D eigenvalue weighted by molar-refractivity contribution is 7.99. The van der Waals surface area contributed by atoms with Gasteiger partial charge in [-0.3, -0.25) is 4.79 Å². The fraction of sp³-hybridized carbons (Fsp3) is 0.517. The predicted octanol–water partition coefficient (Wildman–Crippen LogP) is 6.56. The van der Waals surface area contributed by atoms with E-state index in [0.717, 1.165) is 22.7 Å². The molecule has 1 aliphatic carbocycles. The molecule has 2 amide bonds. The maximum atomic E-state index is 13.0. The topological polar surface area (TPSA) is 79.5 Å². The van der Waals surface area contributed by atoms with Gasteiger partial charge in [0.1, 0.15) is 11.6 Å². The summed E-state index contributed by atoms with van der Waals surface area (Å²) < 4.78 is 5.40. The van der Waals surface area contributed by atoms with Crippen LogP contribution in [0.4, 0.5) is 16.2 Å². The van der Waals surface area contributed by atoms with Gasteiger partial charge in [0, 0.05) is 23.7 Å². The van der Waals surface area contributed by atoms with Gasteiger partial charge in [0.15, 0.2) is 0 Å². The summed E-state index contributed by atoms with van der Waals surface area (Å²) in [5.74, 6) is 2.07. The molecule has 2 aromatic carbocycles. The van der Waals surface area contributed by atoms with E-state index in [9.17, 15) is 9.59 Å². The van der Waals surface area contributed by atoms with Gasteiger partial charge in [0.25, 0.3) is 0 Å². The second-order valence-electron chi connectivity index (χ2n) is 10.6. The van der Waals surface area contributed by atoms with Gasteiger partial charge in [-0.25, -0.2) is 4.79 Å². The lowest BCUT2D eigenvalue weighted by Crippen LogP contribution is -2.49. The Hall–Kier alpha value is -2.67. The maximum absolute atomic E-state index is 13.0. The fourth-order valence-electron chi connectivity index (χ4n) is 4.16. The molecule has 0 saturated heterocycles. The average molecular weight is 512 g/mol. The number of hydrogen-bond acceptors (Lipinski definition) is 5.